The molecule has 0 aliphatic carbocycles. The summed E-state index contributed by atoms with van der Waals surface area (Å²) in [4.78, 5) is 7.20. The highest BCUT2D eigenvalue weighted by Gasteiger charge is 2.42. The van der Waals surface area contributed by atoms with Gasteiger partial charge in [0.05, 0.1) is 17.9 Å². The SMILES string of the molecule is CN(C)c1cccc2c1NC(=NCc1cccc(Cl)c1)C1(CCOCC1)C2. The van der Waals surface area contributed by atoms with Crippen molar-refractivity contribution in [3.8, 4) is 0 Å². The second-order valence-corrected chi connectivity index (χ2v) is 8.13. The second kappa shape index (κ2) is 7.53. The Hall–Kier alpha value is -2.04. The molecule has 4 rings (SSSR count). The maximum absolute atomic E-state index is 6.14. The van der Waals surface area contributed by atoms with Crippen LogP contribution in [0.25, 0.3) is 0 Å². The van der Waals surface area contributed by atoms with Gasteiger partial charge in [-0.05, 0) is 48.6 Å². The van der Waals surface area contributed by atoms with E-state index in [1.165, 1.54) is 16.9 Å². The van der Waals surface area contributed by atoms with E-state index in [9.17, 15) is 0 Å². The van der Waals surface area contributed by atoms with Crippen LogP contribution >= 0.6 is 11.6 Å². The fourth-order valence-corrected chi connectivity index (χ4v) is 4.35. The van der Waals surface area contributed by atoms with E-state index >= 15 is 0 Å². The zero-order valence-electron chi connectivity index (χ0n) is 16.0. The lowest BCUT2D eigenvalue weighted by Gasteiger charge is -2.43. The lowest BCUT2D eigenvalue weighted by molar-refractivity contribution is 0.0449. The molecular weight excluding hydrogens is 358 g/mol. The third-order valence-corrected chi connectivity index (χ3v) is 5.88. The van der Waals surface area contributed by atoms with Gasteiger partial charge in [-0.25, -0.2) is 0 Å². The number of hydrogen-bond donors (Lipinski definition) is 1. The summed E-state index contributed by atoms with van der Waals surface area (Å²) >= 11 is 6.14. The molecule has 4 nitrogen and oxygen atoms in total. The minimum Gasteiger partial charge on any atom is -0.381 e. The summed E-state index contributed by atoms with van der Waals surface area (Å²) in [5.74, 6) is 1.09. The van der Waals surface area contributed by atoms with Gasteiger partial charge in [-0.3, -0.25) is 4.99 Å². The van der Waals surface area contributed by atoms with Crippen LogP contribution < -0.4 is 10.2 Å². The predicted molar refractivity (Wildman–Crippen MR) is 113 cm³/mol. The zero-order chi connectivity index (χ0) is 18.9. The maximum Gasteiger partial charge on any atom is 0.108 e. The van der Waals surface area contributed by atoms with Crippen molar-refractivity contribution in [3.05, 3.63) is 58.6 Å². The van der Waals surface area contributed by atoms with Crippen LogP contribution in [0.3, 0.4) is 0 Å². The average molecular weight is 384 g/mol. The van der Waals surface area contributed by atoms with Crippen molar-refractivity contribution < 1.29 is 4.74 Å². The largest absolute Gasteiger partial charge is 0.381 e. The number of para-hydroxylation sites is 1. The summed E-state index contributed by atoms with van der Waals surface area (Å²) in [5, 5.41) is 4.47. The van der Waals surface area contributed by atoms with E-state index in [0.29, 0.717) is 6.54 Å². The number of fused-ring (bicyclic) bond motifs is 1. The van der Waals surface area contributed by atoms with Crippen molar-refractivity contribution in [3.63, 3.8) is 0 Å². The second-order valence-electron chi connectivity index (χ2n) is 7.69. The summed E-state index contributed by atoms with van der Waals surface area (Å²) < 4.78 is 5.67. The van der Waals surface area contributed by atoms with Gasteiger partial charge in [0.2, 0.25) is 0 Å². The molecule has 1 fully saturated rings. The molecule has 0 bridgehead atoms. The molecule has 0 atom stereocenters. The summed E-state index contributed by atoms with van der Waals surface area (Å²) in [7, 11) is 4.16. The molecule has 0 radical (unpaired) electrons. The first kappa shape index (κ1) is 18.3. The topological polar surface area (TPSA) is 36.9 Å². The Kier molecular flexibility index (Phi) is 5.11. The molecule has 0 amide bonds. The Balaban J connectivity index is 1.72. The molecule has 0 saturated carbocycles. The molecule has 142 valence electrons. The van der Waals surface area contributed by atoms with Crippen molar-refractivity contribution in [2.24, 2.45) is 10.4 Å². The minimum absolute atomic E-state index is 0.0365. The van der Waals surface area contributed by atoms with E-state index in [2.05, 4.69) is 48.6 Å². The third-order valence-electron chi connectivity index (χ3n) is 5.64. The summed E-state index contributed by atoms with van der Waals surface area (Å²) in [6, 6.07) is 14.5. The van der Waals surface area contributed by atoms with Gasteiger partial charge < -0.3 is 15.0 Å². The van der Waals surface area contributed by atoms with Gasteiger partial charge in [-0.15, -0.1) is 0 Å². The van der Waals surface area contributed by atoms with Gasteiger partial charge in [-0.1, -0.05) is 35.9 Å². The number of hydrogen-bond acceptors (Lipinski definition) is 3. The number of nitrogens with zero attached hydrogens (tertiary/aromatic N) is 2. The average Bonchev–Trinajstić information content (AvgIpc) is 2.66. The van der Waals surface area contributed by atoms with E-state index in [0.717, 1.165) is 48.9 Å². The lowest BCUT2D eigenvalue weighted by Crippen LogP contribution is -2.46. The molecule has 2 aliphatic heterocycles. The normalized spacial score (nSPS) is 19.6. The summed E-state index contributed by atoms with van der Waals surface area (Å²) in [5.41, 5.74) is 4.92. The van der Waals surface area contributed by atoms with Crippen molar-refractivity contribution >= 4 is 28.8 Å². The fraction of sp³-hybridized carbons (Fsp3) is 0.409. The molecule has 5 heteroatoms. The maximum atomic E-state index is 6.14. The molecule has 27 heavy (non-hydrogen) atoms. The molecule has 1 spiro atoms. The molecule has 2 aromatic carbocycles. The first-order valence-corrected chi connectivity index (χ1v) is 9.89. The quantitative estimate of drug-likeness (QED) is 0.829. The Morgan fingerprint density at radius 1 is 1.15 bits per heavy atom. The van der Waals surface area contributed by atoms with Crippen LogP contribution in [0.1, 0.15) is 24.0 Å². The lowest BCUT2D eigenvalue weighted by atomic mass is 9.71. The highest BCUT2D eigenvalue weighted by Crippen LogP contribution is 2.44. The van der Waals surface area contributed by atoms with Gasteiger partial charge in [0.15, 0.2) is 0 Å². The molecule has 2 aromatic rings. The molecule has 0 aromatic heterocycles. The van der Waals surface area contributed by atoms with Gasteiger partial charge >= 0.3 is 0 Å². The molecule has 1 N–H and O–H groups in total. The van der Waals surface area contributed by atoms with E-state index in [1.54, 1.807) is 0 Å². The van der Waals surface area contributed by atoms with Crippen LogP contribution in [0, 0.1) is 5.41 Å². The number of halogens is 1. The predicted octanol–water partition coefficient (Wildman–Crippen LogP) is 4.77. The number of nitrogens with one attached hydrogen (secondary N) is 1. The number of anilines is 2. The van der Waals surface area contributed by atoms with Gasteiger partial charge in [-0.2, -0.15) is 0 Å². The first-order chi connectivity index (χ1) is 13.1. The first-order valence-electron chi connectivity index (χ1n) is 9.51. The van der Waals surface area contributed by atoms with E-state index in [4.69, 9.17) is 21.3 Å². The van der Waals surface area contributed by atoms with Crippen LogP contribution in [-0.4, -0.2) is 33.1 Å². The number of ether oxygens (including phenoxy) is 1. The van der Waals surface area contributed by atoms with Gasteiger partial charge in [0.25, 0.3) is 0 Å². The highest BCUT2D eigenvalue weighted by molar-refractivity contribution is 6.30. The smallest absolute Gasteiger partial charge is 0.108 e. The van der Waals surface area contributed by atoms with Crippen molar-refractivity contribution in [1.82, 2.24) is 0 Å². The highest BCUT2D eigenvalue weighted by atomic mass is 35.5. The van der Waals surface area contributed by atoms with E-state index in [-0.39, 0.29) is 5.41 Å². The van der Waals surface area contributed by atoms with Gasteiger partial charge in [0, 0.05) is 37.7 Å². The third kappa shape index (κ3) is 3.69. The van der Waals surface area contributed by atoms with Crippen molar-refractivity contribution in [2.45, 2.75) is 25.8 Å². The van der Waals surface area contributed by atoms with Crippen LogP contribution in [0.2, 0.25) is 5.02 Å². The fourth-order valence-electron chi connectivity index (χ4n) is 4.14. The number of aliphatic imine (C=N–C) groups is 1. The van der Waals surface area contributed by atoms with Crippen LogP contribution in [-0.2, 0) is 17.7 Å². The Bertz CT molecular complexity index is 856. The number of rotatable bonds is 3. The molecule has 2 aliphatic rings. The van der Waals surface area contributed by atoms with E-state index < -0.39 is 0 Å². The van der Waals surface area contributed by atoms with Crippen molar-refractivity contribution in [1.29, 1.82) is 0 Å². The van der Waals surface area contributed by atoms with Gasteiger partial charge in [0.1, 0.15) is 5.84 Å². The molecular formula is C22H26ClN3O. The van der Waals surface area contributed by atoms with Crippen LogP contribution in [0.15, 0.2) is 47.5 Å². The van der Waals surface area contributed by atoms with Crippen LogP contribution in [0.5, 0.6) is 0 Å². The van der Waals surface area contributed by atoms with Crippen LogP contribution in [0.4, 0.5) is 11.4 Å². The number of amidine groups is 1. The zero-order valence-corrected chi connectivity index (χ0v) is 16.7. The minimum atomic E-state index is 0.0365. The summed E-state index contributed by atoms with van der Waals surface area (Å²) in [6.45, 7) is 2.21. The molecule has 2 heterocycles. The standard InChI is InChI=1S/C22H26ClN3O/c1-26(2)19-8-4-6-17-14-22(9-11-27-12-10-22)21(25-20(17)19)24-15-16-5-3-7-18(23)13-16/h3-8,13H,9-12,14-15H2,1-2H3,(H,24,25). The Labute approximate surface area is 166 Å². The molecule has 1 saturated heterocycles. The van der Waals surface area contributed by atoms with E-state index in [1.807, 2.05) is 18.2 Å². The monoisotopic (exact) mass is 383 g/mol. The Morgan fingerprint density at radius 3 is 2.67 bits per heavy atom. The summed E-state index contributed by atoms with van der Waals surface area (Å²) in [6.07, 6.45) is 3.01. The van der Waals surface area contributed by atoms with Crippen molar-refractivity contribution in [2.75, 3.05) is 37.5 Å². The molecule has 0 unspecified atom stereocenters. The Morgan fingerprint density at radius 2 is 1.93 bits per heavy atom. The number of benzene rings is 2.